The van der Waals surface area contributed by atoms with Crippen molar-refractivity contribution in [2.45, 2.75) is 19.1 Å². The van der Waals surface area contributed by atoms with Gasteiger partial charge in [-0.15, -0.1) is 0 Å². The highest BCUT2D eigenvalue weighted by Gasteiger charge is 2.03. The first-order valence-electron chi connectivity index (χ1n) is 2.76. The first kappa shape index (κ1) is 8.90. The maximum Gasteiger partial charge on any atom is 0.303 e. The highest BCUT2D eigenvalue weighted by Crippen LogP contribution is 1.91. The zero-order valence-electron chi connectivity index (χ0n) is 5.28. The molecule has 5 heteroatoms. The zero-order valence-corrected chi connectivity index (χ0v) is 5.28. The number of nitrogens with one attached hydrogen (secondary N) is 1. The van der Waals surface area contributed by atoms with E-state index in [1.165, 1.54) is 0 Å². The van der Waals surface area contributed by atoms with E-state index in [2.05, 4.69) is 0 Å². The van der Waals surface area contributed by atoms with Gasteiger partial charge in [-0.1, -0.05) is 0 Å². The molecule has 0 saturated heterocycles. The van der Waals surface area contributed by atoms with Gasteiger partial charge in [0.1, 0.15) is 6.23 Å². The minimum atomic E-state index is -1.05. The summed E-state index contributed by atoms with van der Waals surface area (Å²) < 4.78 is 0. The molecule has 0 aliphatic rings. The maximum absolute atomic E-state index is 9.88. The molecule has 0 bridgehead atoms. The van der Waals surface area contributed by atoms with E-state index >= 15 is 0 Å². The molecule has 58 valence electrons. The van der Waals surface area contributed by atoms with Crippen molar-refractivity contribution in [3.63, 3.8) is 0 Å². The van der Waals surface area contributed by atoms with E-state index in [-0.39, 0.29) is 12.8 Å². The number of amides is 1. The van der Waals surface area contributed by atoms with Crippen LogP contribution in [0, 0.1) is 0 Å². The van der Waals surface area contributed by atoms with E-state index in [0.29, 0.717) is 6.41 Å². The second kappa shape index (κ2) is 4.75. The van der Waals surface area contributed by atoms with E-state index in [4.69, 9.17) is 10.2 Å². The monoisotopic (exact) mass is 147 g/mol. The summed E-state index contributed by atoms with van der Waals surface area (Å²) >= 11 is 0. The van der Waals surface area contributed by atoms with Crippen LogP contribution < -0.4 is 5.32 Å². The largest absolute Gasteiger partial charge is 0.481 e. The standard InChI is InChI=1S/C5H9NO4/c7-3-6-4(8)1-2-5(9)10/h3-4,8H,1-2H2,(H,6,7)(H,9,10). The molecule has 0 spiro atoms. The number of carbonyl (C=O) groups is 2. The van der Waals surface area contributed by atoms with Crippen molar-refractivity contribution in [2.24, 2.45) is 0 Å². The Hall–Kier alpha value is -1.10. The molecule has 0 heterocycles. The fourth-order valence-corrected chi connectivity index (χ4v) is 0.422. The van der Waals surface area contributed by atoms with Gasteiger partial charge in [0.2, 0.25) is 6.41 Å². The Kier molecular flexibility index (Phi) is 4.23. The highest BCUT2D eigenvalue weighted by molar-refractivity contribution is 5.66. The van der Waals surface area contributed by atoms with Crippen LogP contribution >= 0.6 is 0 Å². The van der Waals surface area contributed by atoms with Crippen molar-refractivity contribution in [2.75, 3.05) is 0 Å². The summed E-state index contributed by atoms with van der Waals surface area (Å²) in [4.78, 5) is 19.5. The number of hydrogen-bond acceptors (Lipinski definition) is 3. The third kappa shape index (κ3) is 5.04. The van der Waals surface area contributed by atoms with Gasteiger partial charge in [-0.25, -0.2) is 0 Å². The molecule has 1 unspecified atom stereocenters. The topological polar surface area (TPSA) is 86.6 Å². The lowest BCUT2D eigenvalue weighted by Gasteiger charge is -2.05. The molecule has 0 aliphatic carbocycles. The van der Waals surface area contributed by atoms with Crippen molar-refractivity contribution in [3.05, 3.63) is 0 Å². The van der Waals surface area contributed by atoms with Gasteiger partial charge in [0.05, 0.1) is 0 Å². The van der Waals surface area contributed by atoms with Crippen LogP contribution in [0.5, 0.6) is 0 Å². The number of carboxylic acids is 1. The SMILES string of the molecule is O=CNC(O)CCC(=O)O. The zero-order chi connectivity index (χ0) is 7.98. The summed E-state index contributed by atoms with van der Waals surface area (Å²) in [5, 5.41) is 18.8. The Labute approximate surface area is 57.7 Å². The molecule has 3 N–H and O–H groups in total. The van der Waals surface area contributed by atoms with E-state index in [0.717, 1.165) is 0 Å². The molecule has 0 aromatic heterocycles. The first-order valence-corrected chi connectivity index (χ1v) is 2.76. The van der Waals surface area contributed by atoms with Gasteiger partial charge in [0.15, 0.2) is 0 Å². The van der Waals surface area contributed by atoms with Crippen LogP contribution in [0.1, 0.15) is 12.8 Å². The van der Waals surface area contributed by atoms with E-state index in [9.17, 15) is 9.59 Å². The first-order chi connectivity index (χ1) is 4.66. The number of hydrogen-bond donors (Lipinski definition) is 3. The summed E-state index contributed by atoms with van der Waals surface area (Å²) in [7, 11) is 0. The van der Waals surface area contributed by atoms with Crippen LogP contribution in [0.2, 0.25) is 0 Å². The van der Waals surface area contributed by atoms with Crippen LogP contribution in [0.25, 0.3) is 0 Å². The summed E-state index contributed by atoms with van der Waals surface area (Å²) in [5.41, 5.74) is 0. The quantitative estimate of drug-likeness (QED) is 0.341. The summed E-state index contributed by atoms with van der Waals surface area (Å²) in [6.45, 7) is 0. The predicted octanol–water partition coefficient (Wildman–Crippen LogP) is -1.08. The number of carboxylic acid groups (broad SMARTS) is 1. The van der Waals surface area contributed by atoms with Crippen molar-refractivity contribution < 1.29 is 19.8 Å². The average molecular weight is 147 g/mol. The van der Waals surface area contributed by atoms with Crippen LogP contribution in [0.3, 0.4) is 0 Å². The lowest BCUT2D eigenvalue weighted by Crippen LogP contribution is -2.27. The Morgan fingerprint density at radius 2 is 2.30 bits per heavy atom. The number of aliphatic carboxylic acids is 1. The predicted molar refractivity (Wildman–Crippen MR) is 32.1 cm³/mol. The Balaban J connectivity index is 3.29. The minimum Gasteiger partial charge on any atom is -0.481 e. The lowest BCUT2D eigenvalue weighted by atomic mass is 10.3. The molecule has 0 aliphatic heterocycles. The lowest BCUT2D eigenvalue weighted by molar-refractivity contribution is -0.138. The number of rotatable bonds is 5. The van der Waals surface area contributed by atoms with Crippen LogP contribution in [0.4, 0.5) is 0 Å². The minimum absolute atomic E-state index is 0.0358. The molecular formula is C5H9NO4. The second-order valence-electron chi connectivity index (χ2n) is 1.73. The Morgan fingerprint density at radius 3 is 2.70 bits per heavy atom. The van der Waals surface area contributed by atoms with Gasteiger partial charge in [0.25, 0.3) is 0 Å². The van der Waals surface area contributed by atoms with Gasteiger partial charge in [-0.3, -0.25) is 9.59 Å². The van der Waals surface area contributed by atoms with Crippen LogP contribution in [0.15, 0.2) is 0 Å². The van der Waals surface area contributed by atoms with Gasteiger partial charge >= 0.3 is 5.97 Å². The average Bonchev–Trinajstić information content (AvgIpc) is 1.85. The van der Waals surface area contributed by atoms with E-state index in [1.54, 1.807) is 0 Å². The summed E-state index contributed by atoms with van der Waals surface area (Å²) in [6, 6.07) is 0. The van der Waals surface area contributed by atoms with Gasteiger partial charge < -0.3 is 15.5 Å². The molecular weight excluding hydrogens is 138 g/mol. The fourth-order valence-electron chi connectivity index (χ4n) is 0.422. The fraction of sp³-hybridized carbons (Fsp3) is 0.600. The van der Waals surface area contributed by atoms with Gasteiger partial charge in [0, 0.05) is 12.8 Å². The smallest absolute Gasteiger partial charge is 0.303 e. The number of aliphatic hydroxyl groups excluding tert-OH is 1. The molecule has 0 saturated carbocycles. The van der Waals surface area contributed by atoms with Crippen LogP contribution in [-0.4, -0.2) is 28.8 Å². The van der Waals surface area contributed by atoms with E-state index in [1.807, 2.05) is 5.32 Å². The van der Waals surface area contributed by atoms with Gasteiger partial charge in [-0.2, -0.15) is 0 Å². The summed E-state index contributed by atoms with van der Waals surface area (Å²) in [5.74, 6) is -0.994. The Bertz CT molecular complexity index is 125. The second-order valence-corrected chi connectivity index (χ2v) is 1.73. The number of aliphatic hydroxyl groups is 1. The van der Waals surface area contributed by atoms with Crippen molar-refractivity contribution in [1.82, 2.24) is 5.32 Å². The van der Waals surface area contributed by atoms with Crippen molar-refractivity contribution >= 4 is 12.4 Å². The molecule has 0 fully saturated rings. The molecule has 0 aromatic carbocycles. The molecule has 0 rings (SSSR count). The third-order valence-corrected chi connectivity index (χ3v) is 0.892. The third-order valence-electron chi connectivity index (χ3n) is 0.892. The molecule has 0 aromatic rings. The molecule has 0 radical (unpaired) electrons. The summed E-state index contributed by atoms with van der Waals surface area (Å²) in [6.07, 6.45) is -0.837. The molecule has 10 heavy (non-hydrogen) atoms. The van der Waals surface area contributed by atoms with Gasteiger partial charge in [-0.05, 0) is 0 Å². The molecule has 1 amide bonds. The van der Waals surface area contributed by atoms with Crippen molar-refractivity contribution in [1.29, 1.82) is 0 Å². The molecule has 5 nitrogen and oxygen atoms in total. The van der Waals surface area contributed by atoms with Crippen LogP contribution in [-0.2, 0) is 9.59 Å². The van der Waals surface area contributed by atoms with E-state index < -0.39 is 12.2 Å². The maximum atomic E-state index is 9.88. The highest BCUT2D eigenvalue weighted by atomic mass is 16.4. The number of carbonyl (C=O) groups excluding carboxylic acids is 1. The normalized spacial score (nSPS) is 12.1. The molecule has 1 atom stereocenters. The Morgan fingerprint density at radius 1 is 1.70 bits per heavy atom. The van der Waals surface area contributed by atoms with Crippen molar-refractivity contribution in [3.8, 4) is 0 Å².